The molecule has 2 aromatic rings. The first-order chi connectivity index (χ1) is 12.7. The van der Waals surface area contributed by atoms with Gasteiger partial charge in [0.25, 0.3) is 0 Å². The first kappa shape index (κ1) is 19.8. The van der Waals surface area contributed by atoms with Crippen molar-refractivity contribution in [1.82, 2.24) is 14.8 Å². The predicted molar refractivity (Wildman–Crippen MR) is 106 cm³/mol. The Labute approximate surface area is 165 Å². The average Bonchev–Trinajstić information content (AvgIpc) is 2.91. The Morgan fingerprint density at radius 3 is 2.59 bits per heavy atom. The third kappa shape index (κ3) is 4.15. The number of nitrogens with one attached hydrogen (secondary N) is 1. The molecule has 3 heterocycles. The van der Waals surface area contributed by atoms with Gasteiger partial charge in [-0.25, -0.2) is 0 Å². The highest BCUT2D eigenvalue weighted by atomic mass is 35.5. The van der Waals surface area contributed by atoms with Crippen molar-refractivity contribution in [3.05, 3.63) is 30.1 Å². The van der Waals surface area contributed by atoms with Gasteiger partial charge in [-0.05, 0) is 49.9 Å². The highest BCUT2D eigenvalue weighted by Gasteiger charge is 2.35. The summed E-state index contributed by atoms with van der Waals surface area (Å²) in [5, 5.41) is 11.7. The molecule has 4 rings (SSSR count). The van der Waals surface area contributed by atoms with Gasteiger partial charge in [-0.1, -0.05) is 6.42 Å². The fourth-order valence-electron chi connectivity index (χ4n) is 3.62. The molecule has 0 atom stereocenters. The van der Waals surface area contributed by atoms with E-state index in [1.165, 1.54) is 12.8 Å². The second-order valence-corrected chi connectivity index (χ2v) is 7.20. The lowest BCUT2D eigenvalue weighted by molar-refractivity contribution is -0.124. The molecule has 1 aromatic heterocycles. The number of carbonyl (C=O) groups excluding carboxylic acids is 1. The molecule has 7 nitrogen and oxygen atoms in total. The first-order valence-corrected chi connectivity index (χ1v) is 9.36. The smallest absolute Gasteiger partial charge is 0.244 e. The summed E-state index contributed by atoms with van der Waals surface area (Å²) in [6, 6.07) is 7.75. The molecule has 1 amide bonds. The molecule has 0 spiro atoms. The lowest BCUT2D eigenvalue weighted by atomic mass is 9.90. The van der Waals surface area contributed by atoms with Crippen LogP contribution in [0.1, 0.15) is 37.9 Å². The van der Waals surface area contributed by atoms with Crippen LogP contribution in [0.4, 0.5) is 5.69 Å². The molecule has 0 radical (unpaired) electrons. The van der Waals surface area contributed by atoms with E-state index in [1.807, 2.05) is 24.3 Å². The zero-order chi connectivity index (χ0) is 18.0. The number of anilines is 1. The number of amides is 1. The number of benzene rings is 1. The van der Waals surface area contributed by atoms with Gasteiger partial charge in [-0.2, -0.15) is 0 Å². The molecule has 1 aromatic carbocycles. The lowest BCUT2D eigenvalue weighted by Crippen LogP contribution is -2.54. The number of aryl methyl sites for hydroxylation is 1. The number of hydrogen-bond acceptors (Lipinski definition) is 5. The Hall–Kier alpha value is -1.96. The van der Waals surface area contributed by atoms with Crippen LogP contribution in [0, 0.1) is 0 Å². The molecule has 2 aliphatic heterocycles. The van der Waals surface area contributed by atoms with Crippen molar-refractivity contribution in [3.63, 3.8) is 0 Å². The minimum absolute atomic E-state index is 0. The van der Waals surface area contributed by atoms with E-state index < -0.39 is 5.54 Å². The van der Waals surface area contributed by atoms with Crippen molar-refractivity contribution in [3.8, 4) is 11.4 Å². The number of nitrogens with zero attached hydrogens (tertiary/aromatic N) is 3. The summed E-state index contributed by atoms with van der Waals surface area (Å²) in [4.78, 5) is 12.5. The summed E-state index contributed by atoms with van der Waals surface area (Å²) >= 11 is 0. The number of hydrogen-bond donors (Lipinski definition) is 2. The van der Waals surface area contributed by atoms with Crippen LogP contribution in [0.5, 0.6) is 0 Å². The minimum atomic E-state index is -0.846. The van der Waals surface area contributed by atoms with Crippen molar-refractivity contribution in [2.24, 2.45) is 5.73 Å². The van der Waals surface area contributed by atoms with Crippen LogP contribution in [0.15, 0.2) is 24.3 Å². The van der Waals surface area contributed by atoms with E-state index in [-0.39, 0.29) is 18.3 Å². The summed E-state index contributed by atoms with van der Waals surface area (Å²) in [7, 11) is 0. The van der Waals surface area contributed by atoms with Crippen molar-refractivity contribution >= 4 is 24.0 Å². The van der Waals surface area contributed by atoms with Crippen molar-refractivity contribution < 1.29 is 9.53 Å². The maximum Gasteiger partial charge on any atom is 0.244 e. The Balaban J connectivity index is 0.00000210. The summed E-state index contributed by atoms with van der Waals surface area (Å²) in [5.41, 5.74) is 7.14. The van der Waals surface area contributed by atoms with Crippen LogP contribution >= 0.6 is 12.4 Å². The lowest BCUT2D eigenvalue weighted by Gasteiger charge is -2.31. The zero-order valence-corrected chi connectivity index (χ0v) is 16.1. The molecular weight excluding hydrogens is 366 g/mol. The molecule has 1 saturated heterocycles. The first-order valence-electron chi connectivity index (χ1n) is 9.36. The average molecular weight is 392 g/mol. The summed E-state index contributed by atoms with van der Waals surface area (Å²) < 4.78 is 7.52. The zero-order valence-electron chi connectivity index (χ0n) is 15.3. The van der Waals surface area contributed by atoms with Crippen LogP contribution in [-0.2, 0) is 22.5 Å². The molecule has 27 heavy (non-hydrogen) atoms. The van der Waals surface area contributed by atoms with Gasteiger partial charge in [-0.3, -0.25) is 4.79 Å². The normalized spacial score (nSPS) is 18.7. The Morgan fingerprint density at radius 1 is 1.11 bits per heavy atom. The van der Waals surface area contributed by atoms with E-state index in [0.29, 0.717) is 26.1 Å². The third-order valence-corrected chi connectivity index (χ3v) is 5.35. The van der Waals surface area contributed by atoms with Crippen LogP contribution in [0.25, 0.3) is 11.4 Å². The van der Waals surface area contributed by atoms with E-state index in [2.05, 4.69) is 20.1 Å². The molecule has 3 N–H and O–H groups in total. The monoisotopic (exact) mass is 391 g/mol. The van der Waals surface area contributed by atoms with Gasteiger partial charge >= 0.3 is 0 Å². The van der Waals surface area contributed by atoms with Crippen LogP contribution < -0.4 is 11.1 Å². The van der Waals surface area contributed by atoms with Crippen molar-refractivity contribution in [2.75, 3.05) is 18.5 Å². The van der Waals surface area contributed by atoms with Gasteiger partial charge in [-0.15, -0.1) is 22.6 Å². The fourth-order valence-corrected chi connectivity index (χ4v) is 3.62. The van der Waals surface area contributed by atoms with Gasteiger partial charge in [0.1, 0.15) is 11.4 Å². The second-order valence-electron chi connectivity index (χ2n) is 7.20. The number of fused-ring (bicyclic) bond motifs is 1. The number of carbonyl (C=O) groups is 1. The predicted octanol–water partition coefficient (Wildman–Crippen LogP) is 2.54. The number of nitrogens with two attached hydrogens (primary N) is 1. The van der Waals surface area contributed by atoms with Crippen LogP contribution in [0.2, 0.25) is 0 Å². The van der Waals surface area contributed by atoms with E-state index in [4.69, 9.17) is 10.5 Å². The number of aromatic nitrogens is 3. The van der Waals surface area contributed by atoms with Gasteiger partial charge in [0.05, 0.1) is 0 Å². The third-order valence-electron chi connectivity index (χ3n) is 5.35. The molecule has 2 aliphatic rings. The molecule has 0 aliphatic carbocycles. The highest BCUT2D eigenvalue weighted by molar-refractivity contribution is 5.98. The van der Waals surface area contributed by atoms with Crippen LogP contribution in [0.3, 0.4) is 0 Å². The molecule has 0 bridgehead atoms. The minimum Gasteiger partial charge on any atom is -0.381 e. The van der Waals surface area contributed by atoms with E-state index in [1.54, 1.807) is 0 Å². The molecular formula is C19H26ClN5O2. The topological polar surface area (TPSA) is 95.1 Å². The van der Waals surface area contributed by atoms with E-state index in [0.717, 1.165) is 42.3 Å². The number of halogens is 1. The molecule has 8 heteroatoms. The Morgan fingerprint density at radius 2 is 1.85 bits per heavy atom. The largest absolute Gasteiger partial charge is 0.381 e. The van der Waals surface area contributed by atoms with E-state index >= 15 is 0 Å². The Bertz CT molecular complexity index is 784. The SMILES string of the molecule is Cl.NC1(C(=O)Nc2ccc(-c3nnc4n3CCCCC4)cc2)CCOCC1. The van der Waals surface area contributed by atoms with Gasteiger partial charge in [0.15, 0.2) is 5.82 Å². The van der Waals surface area contributed by atoms with Crippen molar-refractivity contribution in [1.29, 1.82) is 0 Å². The number of ether oxygens (including phenoxy) is 1. The molecule has 146 valence electrons. The fraction of sp³-hybridized carbons (Fsp3) is 0.526. The van der Waals surface area contributed by atoms with Gasteiger partial charge in [0, 0.05) is 37.4 Å². The quantitative estimate of drug-likeness (QED) is 0.838. The number of rotatable bonds is 3. The Kier molecular flexibility index (Phi) is 6.14. The second kappa shape index (κ2) is 8.37. The standard InChI is InChI=1S/C19H25N5O2.ClH/c20-19(9-12-26-13-10-19)18(25)21-15-7-5-14(6-8-15)17-23-22-16-4-2-1-3-11-24(16)17;/h5-8H,1-4,9-13,20H2,(H,21,25);1H. The summed E-state index contributed by atoms with van der Waals surface area (Å²) in [6.07, 6.45) is 5.65. The molecule has 0 unspecified atom stereocenters. The molecule has 0 saturated carbocycles. The van der Waals surface area contributed by atoms with Crippen molar-refractivity contribution in [2.45, 2.75) is 50.6 Å². The van der Waals surface area contributed by atoms with Crippen LogP contribution in [-0.4, -0.2) is 39.4 Å². The van der Waals surface area contributed by atoms with Gasteiger partial charge < -0.3 is 20.4 Å². The van der Waals surface area contributed by atoms with Gasteiger partial charge in [0.2, 0.25) is 5.91 Å². The summed E-state index contributed by atoms with van der Waals surface area (Å²) in [6.45, 7) is 2.02. The maximum absolute atomic E-state index is 12.5. The summed E-state index contributed by atoms with van der Waals surface area (Å²) in [5.74, 6) is 1.82. The maximum atomic E-state index is 12.5. The van der Waals surface area contributed by atoms with E-state index in [9.17, 15) is 4.79 Å². The molecule has 1 fully saturated rings. The highest BCUT2D eigenvalue weighted by Crippen LogP contribution is 2.25.